The lowest BCUT2D eigenvalue weighted by molar-refractivity contribution is 0.372. The highest BCUT2D eigenvalue weighted by Gasteiger charge is 2.13. The van der Waals surface area contributed by atoms with Crippen LogP contribution in [0.1, 0.15) is 39.1 Å². The Morgan fingerprint density at radius 3 is 2.56 bits per heavy atom. The molecule has 1 heterocycles. The van der Waals surface area contributed by atoms with Gasteiger partial charge in [-0.05, 0) is 24.8 Å². The van der Waals surface area contributed by atoms with Crippen molar-refractivity contribution in [3.05, 3.63) is 16.6 Å². The summed E-state index contributed by atoms with van der Waals surface area (Å²) in [5.74, 6) is 1.48. The molecule has 0 saturated carbocycles. The van der Waals surface area contributed by atoms with E-state index in [0.717, 1.165) is 18.9 Å². The minimum absolute atomic E-state index is 0.575. The van der Waals surface area contributed by atoms with Crippen LogP contribution < -0.4 is 5.32 Å². The summed E-state index contributed by atoms with van der Waals surface area (Å²) < 4.78 is 0. The first-order chi connectivity index (χ1) is 7.58. The van der Waals surface area contributed by atoms with Crippen molar-refractivity contribution >= 4 is 11.3 Å². The van der Waals surface area contributed by atoms with Gasteiger partial charge in [0.25, 0.3) is 0 Å². The van der Waals surface area contributed by atoms with Crippen molar-refractivity contribution in [2.75, 3.05) is 6.54 Å². The lowest BCUT2D eigenvalue weighted by atomic mass is 9.94. The van der Waals surface area contributed by atoms with Crippen molar-refractivity contribution in [1.29, 1.82) is 0 Å². The summed E-state index contributed by atoms with van der Waals surface area (Å²) in [5, 5.41) is 6.88. The lowest BCUT2D eigenvalue weighted by Gasteiger charge is -2.20. The highest BCUT2D eigenvalue weighted by atomic mass is 32.1. The number of rotatable bonds is 7. The normalized spacial score (nSPS) is 13.6. The molecule has 0 aromatic carbocycles. The van der Waals surface area contributed by atoms with Crippen LogP contribution in [0.3, 0.4) is 0 Å². The fourth-order valence-electron chi connectivity index (χ4n) is 1.91. The Hall–Kier alpha value is -0.410. The Labute approximate surface area is 103 Å². The third-order valence-electron chi connectivity index (χ3n) is 2.57. The summed E-state index contributed by atoms with van der Waals surface area (Å²) in [6, 6.07) is 0.575. The van der Waals surface area contributed by atoms with Crippen LogP contribution in [-0.4, -0.2) is 17.6 Å². The third-order valence-corrected chi connectivity index (χ3v) is 3.37. The molecule has 0 saturated heterocycles. The molecule has 0 aliphatic carbocycles. The van der Waals surface area contributed by atoms with Gasteiger partial charge in [-0.2, -0.15) is 0 Å². The number of hydrogen-bond donors (Lipinski definition) is 1. The molecule has 1 unspecified atom stereocenters. The van der Waals surface area contributed by atoms with E-state index in [9.17, 15) is 0 Å². The van der Waals surface area contributed by atoms with Gasteiger partial charge in [0.1, 0.15) is 0 Å². The standard InChI is InChI=1S/C13H24N2S/c1-10(2)7-12(9-15-11(3)4)8-13-14-5-6-16-13/h5-6,10-12,15H,7-9H2,1-4H3. The molecule has 2 nitrogen and oxygen atoms in total. The number of nitrogens with zero attached hydrogens (tertiary/aromatic N) is 1. The van der Waals surface area contributed by atoms with Crippen LogP contribution in [0.15, 0.2) is 11.6 Å². The van der Waals surface area contributed by atoms with Crippen molar-refractivity contribution < 1.29 is 0 Å². The quantitative estimate of drug-likeness (QED) is 0.790. The van der Waals surface area contributed by atoms with Crippen molar-refractivity contribution in [2.24, 2.45) is 11.8 Å². The van der Waals surface area contributed by atoms with Gasteiger partial charge in [0, 0.05) is 24.0 Å². The maximum atomic E-state index is 4.38. The van der Waals surface area contributed by atoms with Crippen LogP contribution in [-0.2, 0) is 6.42 Å². The average molecular weight is 240 g/mol. The zero-order chi connectivity index (χ0) is 12.0. The van der Waals surface area contributed by atoms with E-state index in [2.05, 4.69) is 43.4 Å². The molecule has 16 heavy (non-hydrogen) atoms. The zero-order valence-electron chi connectivity index (χ0n) is 10.9. The van der Waals surface area contributed by atoms with E-state index in [1.54, 1.807) is 11.3 Å². The molecule has 0 bridgehead atoms. The van der Waals surface area contributed by atoms with Crippen LogP contribution in [0.25, 0.3) is 0 Å². The molecule has 3 heteroatoms. The maximum Gasteiger partial charge on any atom is 0.0928 e. The summed E-state index contributed by atoms with van der Waals surface area (Å²) >= 11 is 1.77. The van der Waals surface area contributed by atoms with Gasteiger partial charge >= 0.3 is 0 Å². The van der Waals surface area contributed by atoms with E-state index in [1.807, 2.05) is 6.20 Å². The number of thiazole rings is 1. The summed E-state index contributed by atoms with van der Waals surface area (Å²) in [5.41, 5.74) is 0. The Balaban J connectivity index is 2.43. The predicted octanol–water partition coefficient (Wildman–Crippen LogP) is 3.35. The molecule has 92 valence electrons. The molecule has 1 N–H and O–H groups in total. The monoisotopic (exact) mass is 240 g/mol. The van der Waals surface area contributed by atoms with E-state index in [-0.39, 0.29) is 0 Å². The Morgan fingerprint density at radius 1 is 1.31 bits per heavy atom. The molecule has 0 amide bonds. The third kappa shape index (κ3) is 5.61. The number of aromatic nitrogens is 1. The van der Waals surface area contributed by atoms with Crippen LogP contribution in [0.4, 0.5) is 0 Å². The van der Waals surface area contributed by atoms with Gasteiger partial charge < -0.3 is 5.32 Å². The molecule has 1 atom stereocenters. The minimum atomic E-state index is 0.575. The summed E-state index contributed by atoms with van der Waals surface area (Å²) in [6.07, 6.45) is 4.30. The molecule has 0 aliphatic heterocycles. The van der Waals surface area contributed by atoms with Gasteiger partial charge in [0.05, 0.1) is 5.01 Å². The van der Waals surface area contributed by atoms with E-state index in [4.69, 9.17) is 0 Å². The predicted molar refractivity (Wildman–Crippen MR) is 71.9 cm³/mol. The van der Waals surface area contributed by atoms with E-state index < -0.39 is 0 Å². The van der Waals surface area contributed by atoms with Crippen LogP contribution >= 0.6 is 11.3 Å². The molecule has 0 radical (unpaired) electrons. The Bertz CT molecular complexity index is 267. The maximum absolute atomic E-state index is 4.38. The van der Waals surface area contributed by atoms with Gasteiger partial charge in [0.15, 0.2) is 0 Å². The minimum Gasteiger partial charge on any atom is -0.314 e. The van der Waals surface area contributed by atoms with Crippen LogP contribution in [0.5, 0.6) is 0 Å². The van der Waals surface area contributed by atoms with E-state index in [0.29, 0.717) is 12.0 Å². The van der Waals surface area contributed by atoms with Gasteiger partial charge in [0.2, 0.25) is 0 Å². The molecule has 0 aliphatic rings. The van der Waals surface area contributed by atoms with Gasteiger partial charge in [-0.3, -0.25) is 0 Å². The van der Waals surface area contributed by atoms with Crippen LogP contribution in [0.2, 0.25) is 0 Å². The Morgan fingerprint density at radius 2 is 2.06 bits per heavy atom. The zero-order valence-corrected chi connectivity index (χ0v) is 11.7. The van der Waals surface area contributed by atoms with Crippen molar-refractivity contribution in [3.8, 4) is 0 Å². The lowest BCUT2D eigenvalue weighted by Crippen LogP contribution is -2.30. The van der Waals surface area contributed by atoms with E-state index >= 15 is 0 Å². The first-order valence-corrected chi connectivity index (χ1v) is 7.07. The first-order valence-electron chi connectivity index (χ1n) is 6.19. The van der Waals surface area contributed by atoms with Crippen molar-refractivity contribution in [2.45, 2.75) is 46.6 Å². The van der Waals surface area contributed by atoms with Crippen molar-refractivity contribution in [3.63, 3.8) is 0 Å². The SMILES string of the molecule is CC(C)CC(CNC(C)C)Cc1nccs1. The summed E-state index contributed by atoms with van der Waals surface area (Å²) in [4.78, 5) is 4.38. The largest absolute Gasteiger partial charge is 0.314 e. The molecule has 0 spiro atoms. The van der Waals surface area contributed by atoms with Crippen LogP contribution in [0, 0.1) is 11.8 Å². The topological polar surface area (TPSA) is 24.9 Å². The molecule has 1 rings (SSSR count). The molecule has 0 fully saturated rings. The molecule has 1 aromatic heterocycles. The summed E-state index contributed by atoms with van der Waals surface area (Å²) in [6.45, 7) is 10.1. The second-order valence-electron chi connectivity index (χ2n) is 5.19. The summed E-state index contributed by atoms with van der Waals surface area (Å²) in [7, 11) is 0. The highest BCUT2D eigenvalue weighted by molar-refractivity contribution is 7.09. The number of nitrogens with one attached hydrogen (secondary N) is 1. The number of hydrogen-bond acceptors (Lipinski definition) is 3. The Kier molecular flexibility index (Phi) is 5.99. The molecular weight excluding hydrogens is 216 g/mol. The highest BCUT2D eigenvalue weighted by Crippen LogP contribution is 2.18. The fraction of sp³-hybridized carbons (Fsp3) is 0.769. The fourth-order valence-corrected chi connectivity index (χ4v) is 2.64. The average Bonchev–Trinajstić information content (AvgIpc) is 2.66. The van der Waals surface area contributed by atoms with Crippen molar-refractivity contribution in [1.82, 2.24) is 10.3 Å². The molecule has 1 aromatic rings. The second kappa shape index (κ2) is 7.02. The van der Waals surface area contributed by atoms with Gasteiger partial charge in [-0.15, -0.1) is 11.3 Å². The van der Waals surface area contributed by atoms with Gasteiger partial charge in [-0.1, -0.05) is 27.7 Å². The van der Waals surface area contributed by atoms with E-state index in [1.165, 1.54) is 11.4 Å². The smallest absolute Gasteiger partial charge is 0.0928 e. The second-order valence-corrected chi connectivity index (χ2v) is 6.17. The first kappa shape index (κ1) is 13.7. The van der Waals surface area contributed by atoms with Gasteiger partial charge in [-0.25, -0.2) is 4.98 Å². The molecular formula is C13H24N2S.